The summed E-state index contributed by atoms with van der Waals surface area (Å²) in [5.41, 5.74) is 13.4. The van der Waals surface area contributed by atoms with Gasteiger partial charge in [0.2, 0.25) is 0 Å². The molecule has 0 fully saturated rings. The average Bonchev–Trinajstić information content (AvgIpc) is 1.85. The number of ketones is 1. The Hall–Kier alpha value is -0.980. The van der Waals surface area contributed by atoms with Crippen LogP contribution in [0.2, 0.25) is 0 Å². The highest BCUT2D eigenvalue weighted by Crippen LogP contribution is 2.01. The van der Waals surface area contributed by atoms with Crippen LogP contribution in [0.15, 0.2) is 0 Å². The molecule has 0 aliphatic rings. The summed E-state index contributed by atoms with van der Waals surface area (Å²) in [5, 5.41) is 8.43. The van der Waals surface area contributed by atoms with Crippen LogP contribution < -0.4 is 17.2 Å². The number of rotatable bonds is 4. The average molecular weight is 175 g/mol. The molecule has 0 aromatic carbocycles. The second kappa shape index (κ2) is 3.61. The van der Waals surface area contributed by atoms with Gasteiger partial charge in [-0.05, 0) is 6.92 Å². The van der Waals surface area contributed by atoms with Crippen molar-refractivity contribution in [3.05, 3.63) is 0 Å². The fourth-order valence-corrected chi connectivity index (χ4v) is 0.525. The van der Waals surface area contributed by atoms with Crippen molar-refractivity contribution in [2.45, 2.75) is 25.0 Å². The number of hydrogen-bond acceptors (Lipinski definition) is 5. The van der Waals surface area contributed by atoms with Gasteiger partial charge in [0, 0.05) is 0 Å². The van der Waals surface area contributed by atoms with Crippen LogP contribution in [0.25, 0.3) is 0 Å². The summed E-state index contributed by atoms with van der Waals surface area (Å²) in [7, 11) is 0. The molecule has 0 aromatic heterocycles. The minimum absolute atomic E-state index is 0.458. The number of hydrogen-bond donors (Lipinski definition) is 4. The molecule has 0 saturated heterocycles. The molecule has 0 saturated carbocycles. The van der Waals surface area contributed by atoms with Crippen LogP contribution in [0.3, 0.4) is 0 Å². The second-order valence-corrected chi connectivity index (χ2v) is 2.78. The number of nitrogens with two attached hydrogens (primary N) is 3. The highest BCUT2D eigenvalue weighted by Gasteiger charge is 2.32. The highest BCUT2D eigenvalue weighted by atomic mass is 16.4. The van der Waals surface area contributed by atoms with Crippen LogP contribution in [-0.4, -0.2) is 28.6 Å². The Morgan fingerprint density at radius 3 is 2.17 bits per heavy atom. The Bertz CT molecular complexity index is 200. The monoisotopic (exact) mass is 175 g/mol. The van der Waals surface area contributed by atoms with Crippen LogP contribution in [0.4, 0.5) is 0 Å². The molecule has 0 amide bonds. The molecule has 7 N–H and O–H groups in total. The SMILES string of the molecule is C[C@H](N)C(=O)CC(N)(N)C(=O)O. The first-order valence-corrected chi connectivity index (χ1v) is 3.37. The number of carboxylic acids is 1. The van der Waals surface area contributed by atoms with Crippen molar-refractivity contribution in [2.75, 3.05) is 0 Å². The van der Waals surface area contributed by atoms with Crippen molar-refractivity contribution < 1.29 is 14.7 Å². The molecular weight excluding hydrogens is 162 g/mol. The normalized spacial score (nSPS) is 14.0. The van der Waals surface area contributed by atoms with Crippen LogP contribution in [0.5, 0.6) is 0 Å². The maximum atomic E-state index is 10.9. The lowest BCUT2D eigenvalue weighted by Gasteiger charge is -2.18. The van der Waals surface area contributed by atoms with Crippen molar-refractivity contribution >= 4 is 11.8 Å². The summed E-state index contributed by atoms with van der Waals surface area (Å²) in [5.74, 6) is -1.89. The summed E-state index contributed by atoms with van der Waals surface area (Å²) in [6, 6.07) is -0.740. The van der Waals surface area contributed by atoms with E-state index in [9.17, 15) is 9.59 Å². The van der Waals surface area contributed by atoms with E-state index in [1.807, 2.05) is 0 Å². The quantitative estimate of drug-likeness (QED) is 0.365. The van der Waals surface area contributed by atoms with Gasteiger partial charge < -0.3 is 22.3 Å². The molecule has 0 bridgehead atoms. The van der Waals surface area contributed by atoms with Gasteiger partial charge >= 0.3 is 5.97 Å². The van der Waals surface area contributed by atoms with Crippen molar-refractivity contribution in [1.82, 2.24) is 0 Å². The zero-order valence-corrected chi connectivity index (χ0v) is 6.78. The predicted molar refractivity (Wildman–Crippen MR) is 42.0 cm³/mol. The molecule has 0 aromatic rings. The van der Waals surface area contributed by atoms with Crippen LogP contribution in [-0.2, 0) is 9.59 Å². The third-order valence-corrected chi connectivity index (χ3v) is 1.37. The summed E-state index contributed by atoms with van der Waals surface area (Å²) in [4.78, 5) is 21.3. The Kier molecular flexibility index (Phi) is 3.32. The van der Waals surface area contributed by atoms with Crippen molar-refractivity contribution in [1.29, 1.82) is 0 Å². The lowest BCUT2D eigenvalue weighted by Crippen LogP contribution is -2.58. The third kappa shape index (κ3) is 2.95. The van der Waals surface area contributed by atoms with E-state index in [4.69, 9.17) is 22.3 Å². The van der Waals surface area contributed by atoms with E-state index in [0.717, 1.165) is 0 Å². The zero-order valence-electron chi connectivity index (χ0n) is 6.78. The van der Waals surface area contributed by atoms with Crippen molar-refractivity contribution in [3.63, 3.8) is 0 Å². The number of carbonyl (C=O) groups is 2. The molecule has 0 spiro atoms. The molecular formula is C6H13N3O3. The lowest BCUT2D eigenvalue weighted by atomic mass is 10.0. The standard InChI is InChI=1S/C6H13N3O3/c1-3(7)4(10)2-6(8,9)5(11)12/h3H,2,7-9H2,1H3,(H,11,12)/t3-/m0/s1. The largest absolute Gasteiger partial charge is 0.479 e. The summed E-state index contributed by atoms with van der Waals surface area (Å²) < 4.78 is 0. The Morgan fingerprint density at radius 2 is 1.92 bits per heavy atom. The summed E-state index contributed by atoms with van der Waals surface area (Å²) >= 11 is 0. The molecule has 6 heteroatoms. The molecule has 70 valence electrons. The Morgan fingerprint density at radius 1 is 1.50 bits per heavy atom. The Labute approximate surface area is 69.7 Å². The predicted octanol–water partition coefficient (Wildman–Crippen LogP) is -2.01. The van der Waals surface area contributed by atoms with E-state index in [2.05, 4.69) is 0 Å². The van der Waals surface area contributed by atoms with Crippen molar-refractivity contribution in [2.24, 2.45) is 17.2 Å². The van der Waals surface area contributed by atoms with E-state index >= 15 is 0 Å². The van der Waals surface area contributed by atoms with E-state index in [1.165, 1.54) is 6.92 Å². The fraction of sp³-hybridized carbons (Fsp3) is 0.667. The van der Waals surface area contributed by atoms with E-state index < -0.39 is 29.9 Å². The highest BCUT2D eigenvalue weighted by molar-refractivity contribution is 5.90. The Balaban J connectivity index is 4.25. The van der Waals surface area contributed by atoms with Gasteiger partial charge in [0.15, 0.2) is 11.4 Å². The molecule has 6 nitrogen and oxygen atoms in total. The van der Waals surface area contributed by atoms with E-state index in [1.54, 1.807) is 0 Å². The topological polar surface area (TPSA) is 132 Å². The lowest BCUT2D eigenvalue weighted by molar-refractivity contribution is -0.145. The number of Topliss-reactive ketones (excluding diaryl/α,β-unsaturated/α-hetero) is 1. The molecule has 0 rings (SSSR count). The van der Waals surface area contributed by atoms with Gasteiger partial charge in [-0.2, -0.15) is 0 Å². The molecule has 0 aliphatic heterocycles. The van der Waals surface area contributed by atoms with E-state index in [0.29, 0.717) is 0 Å². The number of aliphatic carboxylic acids is 1. The first kappa shape index (κ1) is 11.0. The maximum Gasteiger partial charge on any atom is 0.338 e. The molecule has 0 heterocycles. The first-order valence-electron chi connectivity index (χ1n) is 3.37. The maximum absolute atomic E-state index is 10.9. The zero-order chi connectivity index (χ0) is 9.94. The molecule has 12 heavy (non-hydrogen) atoms. The van der Waals surface area contributed by atoms with Gasteiger partial charge in [-0.25, -0.2) is 4.79 Å². The van der Waals surface area contributed by atoms with Gasteiger partial charge in [0.25, 0.3) is 0 Å². The van der Waals surface area contributed by atoms with Gasteiger partial charge in [0.1, 0.15) is 0 Å². The molecule has 1 atom stereocenters. The summed E-state index contributed by atoms with van der Waals surface area (Å²) in [6.07, 6.45) is -0.458. The smallest absolute Gasteiger partial charge is 0.338 e. The van der Waals surface area contributed by atoms with Crippen LogP contribution in [0.1, 0.15) is 13.3 Å². The fourth-order valence-electron chi connectivity index (χ4n) is 0.525. The minimum atomic E-state index is -2.01. The van der Waals surface area contributed by atoms with Gasteiger partial charge in [-0.1, -0.05) is 0 Å². The van der Waals surface area contributed by atoms with Crippen LogP contribution >= 0.6 is 0 Å². The van der Waals surface area contributed by atoms with Crippen molar-refractivity contribution in [3.8, 4) is 0 Å². The van der Waals surface area contributed by atoms with Crippen LogP contribution in [0, 0.1) is 0 Å². The van der Waals surface area contributed by atoms with E-state index in [-0.39, 0.29) is 0 Å². The second-order valence-electron chi connectivity index (χ2n) is 2.78. The van der Waals surface area contributed by atoms with Gasteiger partial charge in [0.05, 0.1) is 12.5 Å². The molecule has 0 aliphatic carbocycles. The number of carboxylic acid groups (broad SMARTS) is 1. The molecule has 0 radical (unpaired) electrons. The number of carbonyl (C=O) groups excluding carboxylic acids is 1. The summed E-state index contributed by atoms with van der Waals surface area (Å²) in [6.45, 7) is 1.44. The molecule has 0 unspecified atom stereocenters. The third-order valence-electron chi connectivity index (χ3n) is 1.37. The first-order chi connectivity index (χ1) is 5.27. The van der Waals surface area contributed by atoms with Gasteiger partial charge in [-0.15, -0.1) is 0 Å². The minimum Gasteiger partial charge on any atom is -0.479 e. The van der Waals surface area contributed by atoms with Gasteiger partial charge in [-0.3, -0.25) is 4.79 Å².